The van der Waals surface area contributed by atoms with Gasteiger partial charge < -0.3 is 59.4 Å². The van der Waals surface area contributed by atoms with E-state index in [4.69, 9.17) is 23.7 Å². The van der Waals surface area contributed by atoms with Crippen LogP contribution < -0.4 is 4.74 Å². The minimum absolute atomic E-state index is 0.0476. The van der Waals surface area contributed by atoms with E-state index in [1.807, 2.05) is 0 Å². The first kappa shape index (κ1) is 28.2. The first-order valence-electron chi connectivity index (χ1n) is 11.8. The molecular formula is C25H30O13. The molecule has 2 aliphatic rings. The van der Waals surface area contributed by atoms with Crippen LogP contribution in [0.1, 0.15) is 15.9 Å². The molecular weight excluding hydrogens is 508 g/mol. The largest absolute Gasteiger partial charge is 0.508 e. The quantitative estimate of drug-likeness (QED) is 0.180. The van der Waals surface area contributed by atoms with Crippen molar-refractivity contribution in [1.29, 1.82) is 0 Å². The van der Waals surface area contributed by atoms with E-state index in [2.05, 4.69) is 0 Å². The lowest BCUT2D eigenvalue weighted by atomic mass is 9.98. The summed E-state index contributed by atoms with van der Waals surface area (Å²) in [6, 6.07) is 11.5. The van der Waals surface area contributed by atoms with Gasteiger partial charge in [0.1, 0.15) is 42.5 Å². The molecule has 0 unspecified atom stereocenters. The molecule has 2 fully saturated rings. The summed E-state index contributed by atoms with van der Waals surface area (Å²) in [6.07, 6.45) is -10.6. The molecule has 7 N–H and O–H groups in total. The molecule has 0 aromatic heterocycles. The minimum Gasteiger partial charge on any atom is -0.508 e. The molecule has 0 radical (unpaired) electrons. The van der Waals surface area contributed by atoms with E-state index >= 15 is 0 Å². The number of hydrogen-bond acceptors (Lipinski definition) is 13. The second kappa shape index (κ2) is 11.9. The lowest BCUT2D eigenvalue weighted by Gasteiger charge is -2.42. The maximum absolute atomic E-state index is 12.3. The van der Waals surface area contributed by atoms with Crippen molar-refractivity contribution < 1.29 is 64.2 Å². The highest BCUT2D eigenvalue weighted by molar-refractivity contribution is 5.89. The Morgan fingerprint density at radius 1 is 0.974 bits per heavy atom. The summed E-state index contributed by atoms with van der Waals surface area (Å²) in [7, 11) is 0. The Hall–Kier alpha value is -2.85. The Bertz CT molecular complexity index is 1060. The van der Waals surface area contributed by atoms with E-state index in [1.54, 1.807) is 12.1 Å². The number of esters is 1. The summed E-state index contributed by atoms with van der Waals surface area (Å²) in [5, 5.41) is 70.7. The number of aromatic hydroxyl groups is 1. The molecule has 2 aromatic rings. The fourth-order valence-electron chi connectivity index (χ4n) is 4.03. The molecule has 0 spiro atoms. The summed E-state index contributed by atoms with van der Waals surface area (Å²) in [5.41, 5.74) is -1.35. The third kappa shape index (κ3) is 6.07. The van der Waals surface area contributed by atoms with Gasteiger partial charge in [0.25, 0.3) is 0 Å². The molecule has 13 heteroatoms. The van der Waals surface area contributed by atoms with Crippen LogP contribution in [0, 0.1) is 0 Å². The zero-order valence-corrected chi connectivity index (χ0v) is 20.1. The Morgan fingerprint density at radius 2 is 1.66 bits per heavy atom. The van der Waals surface area contributed by atoms with E-state index in [9.17, 15) is 40.5 Å². The van der Waals surface area contributed by atoms with Crippen LogP contribution in [-0.4, -0.2) is 110 Å². The van der Waals surface area contributed by atoms with Gasteiger partial charge in [-0.05, 0) is 42.0 Å². The van der Waals surface area contributed by atoms with Gasteiger partial charge in [0.2, 0.25) is 6.29 Å². The van der Waals surface area contributed by atoms with E-state index in [0.29, 0.717) is 5.56 Å². The normalized spacial score (nSPS) is 33.2. The maximum atomic E-state index is 12.3. The van der Waals surface area contributed by atoms with E-state index in [-0.39, 0.29) is 23.7 Å². The molecule has 4 rings (SSSR count). The van der Waals surface area contributed by atoms with Crippen LogP contribution in [0.5, 0.6) is 11.5 Å². The van der Waals surface area contributed by atoms with Crippen LogP contribution in [0.3, 0.4) is 0 Å². The van der Waals surface area contributed by atoms with Crippen molar-refractivity contribution in [3.8, 4) is 11.5 Å². The van der Waals surface area contributed by atoms with E-state index in [1.165, 1.54) is 36.4 Å². The third-order valence-electron chi connectivity index (χ3n) is 6.34. The number of ether oxygens (including phenoxy) is 5. The van der Waals surface area contributed by atoms with Gasteiger partial charge in [-0.15, -0.1) is 0 Å². The highest BCUT2D eigenvalue weighted by Gasteiger charge is 2.54. The number of carbonyl (C=O) groups is 1. The third-order valence-corrected chi connectivity index (χ3v) is 6.34. The lowest BCUT2D eigenvalue weighted by molar-refractivity contribution is -0.318. The van der Waals surface area contributed by atoms with Crippen molar-refractivity contribution in [2.75, 3.05) is 19.8 Å². The SMILES string of the molecule is O=C(OC[C@@]1(O)CO[C@@H](O[C@H]2[C@H](Oc3ccc(CO)cc3)O[C@H](CO)[C@@H](O)[C@@H]2O)[C@@H]1O)c1ccc(O)cc1. The van der Waals surface area contributed by atoms with Crippen LogP contribution in [-0.2, 0) is 25.6 Å². The summed E-state index contributed by atoms with van der Waals surface area (Å²) in [4.78, 5) is 12.3. The zero-order chi connectivity index (χ0) is 27.4. The number of rotatable bonds is 9. The predicted molar refractivity (Wildman–Crippen MR) is 125 cm³/mol. The second-order valence-electron chi connectivity index (χ2n) is 9.08. The number of aliphatic hydroxyl groups excluding tert-OH is 5. The van der Waals surface area contributed by atoms with Gasteiger partial charge in [-0.3, -0.25) is 0 Å². The molecule has 38 heavy (non-hydrogen) atoms. The van der Waals surface area contributed by atoms with Crippen molar-refractivity contribution in [3.05, 3.63) is 59.7 Å². The maximum Gasteiger partial charge on any atom is 0.338 e. The number of phenols is 1. The highest BCUT2D eigenvalue weighted by Crippen LogP contribution is 2.32. The zero-order valence-electron chi connectivity index (χ0n) is 20.1. The molecule has 8 atom stereocenters. The van der Waals surface area contributed by atoms with Gasteiger partial charge >= 0.3 is 5.97 Å². The summed E-state index contributed by atoms with van der Waals surface area (Å²) >= 11 is 0. The number of carbonyl (C=O) groups excluding carboxylic acids is 1. The van der Waals surface area contributed by atoms with Gasteiger partial charge in [0.05, 0.1) is 25.4 Å². The standard InChI is InChI=1S/C25H30O13/c26-9-13-1-7-16(8-2-13)36-23-20(19(30)18(29)17(10-27)37-23)38-24-21(31)25(33,12-35-24)11-34-22(32)14-3-5-15(28)6-4-14/h1-8,17-21,23-24,26-31,33H,9-12H2/t17-,18-,19+,20-,21+,23-,24+,25-/m1/s1. The Balaban J connectivity index is 1.43. The van der Waals surface area contributed by atoms with Gasteiger partial charge in [-0.25, -0.2) is 4.79 Å². The average molecular weight is 539 g/mol. The predicted octanol–water partition coefficient (Wildman–Crippen LogP) is -1.61. The van der Waals surface area contributed by atoms with Gasteiger partial charge in [0.15, 0.2) is 18.0 Å². The van der Waals surface area contributed by atoms with Crippen LogP contribution >= 0.6 is 0 Å². The Labute approximate surface area is 217 Å². The average Bonchev–Trinajstić information content (AvgIpc) is 3.21. The number of benzene rings is 2. The molecule has 0 amide bonds. The summed E-state index contributed by atoms with van der Waals surface area (Å²) in [6.45, 7) is -1.98. The highest BCUT2D eigenvalue weighted by atomic mass is 16.8. The van der Waals surface area contributed by atoms with Gasteiger partial charge in [-0.1, -0.05) is 12.1 Å². The van der Waals surface area contributed by atoms with Crippen molar-refractivity contribution >= 4 is 5.97 Å². The van der Waals surface area contributed by atoms with Gasteiger partial charge in [0, 0.05) is 0 Å². The topological polar surface area (TPSA) is 205 Å². The number of phenolic OH excluding ortho intramolecular Hbond substituents is 1. The number of hydrogen-bond donors (Lipinski definition) is 7. The first-order chi connectivity index (χ1) is 18.1. The monoisotopic (exact) mass is 538 g/mol. The second-order valence-corrected chi connectivity index (χ2v) is 9.08. The molecule has 2 aliphatic heterocycles. The fourth-order valence-corrected chi connectivity index (χ4v) is 4.03. The van der Waals surface area contributed by atoms with Crippen LogP contribution in [0.4, 0.5) is 0 Å². The van der Waals surface area contributed by atoms with Crippen molar-refractivity contribution in [2.45, 2.75) is 55.3 Å². The molecule has 2 saturated heterocycles. The van der Waals surface area contributed by atoms with Gasteiger partial charge in [-0.2, -0.15) is 0 Å². The van der Waals surface area contributed by atoms with Crippen LogP contribution in [0.25, 0.3) is 0 Å². The smallest absolute Gasteiger partial charge is 0.338 e. The summed E-state index contributed by atoms with van der Waals surface area (Å²) < 4.78 is 27.5. The van der Waals surface area contributed by atoms with Crippen molar-refractivity contribution in [1.82, 2.24) is 0 Å². The number of aliphatic hydroxyl groups is 6. The van der Waals surface area contributed by atoms with E-state index < -0.39 is 74.5 Å². The molecule has 0 saturated carbocycles. The van der Waals surface area contributed by atoms with Crippen molar-refractivity contribution in [2.24, 2.45) is 0 Å². The summed E-state index contributed by atoms with van der Waals surface area (Å²) in [5.74, 6) is -0.606. The molecule has 2 aromatic carbocycles. The molecule has 13 nitrogen and oxygen atoms in total. The Morgan fingerprint density at radius 3 is 2.29 bits per heavy atom. The van der Waals surface area contributed by atoms with Crippen LogP contribution in [0.15, 0.2) is 48.5 Å². The molecule has 0 bridgehead atoms. The molecule has 2 heterocycles. The molecule has 0 aliphatic carbocycles. The lowest BCUT2D eigenvalue weighted by Crippen LogP contribution is -2.62. The fraction of sp³-hybridized carbons (Fsp3) is 0.480. The molecule has 208 valence electrons. The van der Waals surface area contributed by atoms with Crippen molar-refractivity contribution in [3.63, 3.8) is 0 Å². The van der Waals surface area contributed by atoms with Crippen LogP contribution in [0.2, 0.25) is 0 Å². The Kier molecular flexibility index (Phi) is 8.82. The minimum atomic E-state index is -2.07. The van der Waals surface area contributed by atoms with E-state index in [0.717, 1.165) is 0 Å². The first-order valence-corrected chi connectivity index (χ1v) is 11.8.